The molecule has 0 rings (SSSR count). The Labute approximate surface area is 97.0 Å². The molecule has 5 nitrogen and oxygen atoms in total. The summed E-state index contributed by atoms with van der Waals surface area (Å²) in [5, 5.41) is 9.32. The van der Waals surface area contributed by atoms with E-state index in [-0.39, 0.29) is 0 Å². The molecule has 0 heterocycles. The quantitative estimate of drug-likeness (QED) is 0.356. The van der Waals surface area contributed by atoms with E-state index in [4.69, 9.17) is 0 Å². The Balaban J connectivity index is 5.02. The van der Waals surface area contributed by atoms with E-state index >= 15 is 0 Å². The van der Waals surface area contributed by atoms with Crippen LogP contribution in [0.4, 0.5) is 13.2 Å². The minimum atomic E-state index is -5.79. The third kappa shape index (κ3) is 3.58. The lowest BCUT2D eigenvalue weighted by Crippen LogP contribution is -2.36. The molecule has 0 aromatic carbocycles. The lowest BCUT2D eigenvalue weighted by Gasteiger charge is -2.30. The minimum Gasteiger partial charge on any atom is -0.380 e. The summed E-state index contributed by atoms with van der Waals surface area (Å²) in [5.41, 5.74) is -7.07. The van der Waals surface area contributed by atoms with Crippen molar-refractivity contribution in [2.24, 2.45) is 5.41 Å². The molecule has 0 aromatic heterocycles. The fourth-order valence-electron chi connectivity index (χ4n) is 0.719. The van der Waals surface area contributed by atoms with Gasteiger partial charge in [0.15, 0.2) is 6.29 Å². The smallest absolute Gasteiger partial charge is 0.380 e. The van der Waals surface area contributed by atoms with Gasteiger partial charge in [-0.2, -0.15) is 21.6 Å². The molecule has 0 fully saturated rings. The SMILES string of the molecule is C=C(OS(=O)(=O)C(F)(F)F)C(C)(C)C(O)OC. The Morgan fingerprint density at radius 3 is 2.06 bits per heavy atom. The van der Waals surface area contributed by atoms with Crippen molar-refractivity contribution >= 4 is 10.1 Å². The van der Waals surface area contributed by atoms with Gasteiger partial charge in [0, 0.05) is 7.11 Å². The number of ether oxygens (including phenoxy) is 1. The minimum absolute atomic E-state index is 0.774. The largest absolute Gasteiger partial charge is 0.534 e. The molecule has 0 aliphatic heterocycles. The first-order valence-corrected chi connectivity index (χ1v) is 5.68. The number of aliphatic hydroxyl groups is 1. The van der Waals surface area contributed by atoms with Crippen LogP contribution in [-0.4, -0.2) is 32.4 Å². The zero-order chi connectivity index (χ0) is 14.1. The highest BCUT2D eigenvalue weighted by molar-refractivity contribution is 7.87. The second kappa shape index (κ2) is 4.83. The zero-order valence-corrected chi connectivity index (χ0v) is 10.2. The molecule has 102 valence electrons. The van der Waals surface area contributed by atoms with Crippen LogP contribution in [-0.2, 0) is 19.0 Å². The van der Waals surface area contributed by atoms with Gasteiger partial charge in [-0.3, -0.25) is 0 Å². The van der Waals surface area contributed by atoms with Gasteiger partial charge in [0.2, 0.25) is 0 Å². The first-order chi connectivity index (χ1) is 7.36. The van der Waals surface area contributed by atoms with Crippen molar-refractivity contribution < 1.29 is 35.6 Å². The topological polar surface area (TPSA) is 72.8 Å². The van der Waals surface area contributed by atoms with Crippen molar-refractivity contribution in [3.8, 4) is 0 Å². The summed E-state index contributed by atoms with van der Waals surface area (Å²) in [6, 6.07) is 0. The van der Waals surface area contributed by atoms with Crippen molar-refractivity contribution in [3.05, 3.63) is 12.3 Å². The van der Waals surface area contributed by atoms with Crippen LogP contribution in [0.1, 0.15) is 13.8 Å². The Morgan fingerprint density at radius 1 is 1.35 bits per heavy atom. The molecule has 1 unspecified atom stereocenters. The van der Waals surface area contributed by atoms with E-state index in [1.165, 1.54) is 13.8 Å². The number of alkyl halides is 3. The number of aliphatic hydroxyl groups excluding tert-OH is 1. The average molecular weight is 278 g/mol. The molecule has 0 bridgehead atoms. The standard InChI is InChI=1S/C8H13F3O5S/c1-5(7(2,3)6(12)15-4)16-17(13,14)8(9,10)11/h6,12H,1H2,2-4H3. The maximum Gasteiger partial charge on any atom is 0.534 e. The monoisotopic (exact) mass is 278 g/mol. The van der Waals surface area contributed by atoms with Crippen LogP contribution < -0.4 is 0 Å². The van der Waals surface area contributed by atoms with Crippen LogP contribution in [0.5, 0.6) is 0 Å². The molecule has 0 saturated carbocycles. The highest BCUT2D eigenvalue weighted by atomic mass is 32.2. The molecule has 1 N–H and O–H groups in total. The summed E-state index contributed by atoms with van der Waals surface area (Å²) in [5.74, 6) is -0.774. The Bertz CT molecular complexity index is 384. The van der Waals surface area contributed by atoms with Crippen LogP contribution in [0.15, 0.2) is 12.3 Å². The summed E-state index contributed by atoms with van der Waals surface area (Å²) in [7, 11) is -4.69. The molecular formula is C8H13F3O5S. The van der Waals surface area contributed by atoms with Gasteiger partial charge in [0.1, 0.15) is 5.76 Å². The fourth-order valence-corrected chi connectivity index (χ4v) is 1.29. The van der Waals surface area contributed by atoms with Gasteiger partial charge < -0.3 is 14.0 Å². The molecule has 0 radical (unpaired) electrons. The maximum absolute atomic E-state index is 12.0. The van der Waals surface area contributed by atoms with Gasteiger partial charge in [-0.05, 0) is 13.8 Å². The Kier molecular flexibility index (Phi) is 4.60. The Hall–Kier alpha value is -0.800. The predicted octanol–water partition coefficient (Wildman–Crippen LogP) is 1.36. The first kappa shape index (κ1) is 16.2. The van der Waals surface area contributed by atoms with Gasteiger partial charge in [-0.1, -0.05) is 6.58 Å². The summed E-state index contributed by atoms with van der Waals surface area (Å²) >= 11 is 0. The summed E-state index contributed by atoms with van der Waals surface area (Å²) < 4.78 is 65.7. The summed E-state index contributed by atoms with van der Waals surface area (Å²) in [4.78, 5) is 0. The van der Waals surface area contributed by atoms with E-state index in [0.29, 0.717) is 0 Å². The van der Waals surface area contributed by atoms with Gasteiger partial charge in [-0.25, -0.2) is 0 Å². The van der Waals surface area contributed by atoms with E-state index in [1.807, 2.05) is 0 Å². The predicted molar refractivity (Wildman–Crippen MR) is 52.0 cm³/mol. The number of hydrogen-bond donors (Lipinski definition) is 1. The molecule has 9 heteroatoms. The summed E-state index contributed by atoms with van der Waals surface area (Å²) in [6.45, 7) is 5.49. The number of hydrogen-bond acceptors (Lipinski definition) is 5. The Morgan fingerprint density at radius 2 is 1.76 bits per heavy atom. The van der Waals surface area contributed by atoms with Gasteiger partial charge in [0.05, 0.1) is 5.41 Å². The van der Waals surface area contributed by atoms with Crippen molar-refractivity contribution in [3.63, 3.8) is 0 Å². The van der Waals surface area contributed by atoms with Crippen LogP contribution in [0.25, 0.3) is 0 Å². The average Bonchev–Trinajstić information content (AvgIpc) is 2.13. The van der Waals surface area contributed by atoms with Crippen molar-refractivity contribution in [1.29, 1.82) is 0 Å². The van der Waals surface area contributed by atoms with E-state index in [0.717, 1.165) is 7.11 Å². The highest BCUT2D eigenvalue weighted by Crippen LogP contribution is 2.35. The van der Waals surface area contributed by atoms with E-state index in [9.17, 15) is 26.7 Å². The molecule has 0 spiro atoms. The van der Waals surface area contributed by atoms with Gasteiger partial charge >= 0.3 is 15.6 Å². The van der Waals surface area contributed by atoms with Crippen LogP contribution in [0.3, 0.4) is 0 Å². The number of halogens is 3. The van der Waals surface area contributed by atoms with Crippen molar-refractivity contribution in [2.45, 2.75) is 25.6 Å². The molecule has 0 aliphatic rings. The lowest BCUT2D eigenvalue weighted by molar-refractivity contribution is -0.141. The summed E-state index contributed by atoms with van der Waals surface area (Å²) in [6.07, 6.45) is -1.56. The van der Waals surface area contributed by atoms with E-state index in [2.05, 4.69) is 15.5 Å². The normalized spacial score (nSPS) is 15.5. The molecule has 0 aromatic rings. The second-order valence-corrected chi connectivity index (χ2v) is 5.25. The van der Waals surface area contributed by atoms with Crippen LogP contribution >= 0.6 is 0 Å². The molecule has 17 heavy (non-hydrogen) atoms. The van der Waals surface area contributed by atoms with Crippen molar-refractivity contribution in [1.82, 2.24) is 0 Å². The fraction of sp³-hybridized carbons (Fsp3) is 0.750. The first-order valence-electron chi connectivity index (χ1n) is 4.27. The highest BCUT2D eigenvalue weighted by Gasteiger charge is 2.50. The third-order valence-corrected chi connectivity index (χ3v) is 3.04. The molecule has 0 aliphatic carbocycles. The van der Waals surface area contributed by atoms with E-state index in [1.54, 1.807) is 0 Å². The zero-order valence-electron chi connectivity index (χ0n) is 9.41. The van der Waals surface area contributed by atoms with Crippen LogP contribution in [0.2, 0.25) is 0 Å². The van der Waals surface area contributed by atoms with Gasteiger partial charge in [-0.15, -0.1) is 0 Å². The van der Waals surface area contributed by atoms with Crippen LogP contribution in [0, 0.1) is 5.41 Å². The number of methoxy groups -OCH3 is 1. The second-order valence-electron chi connectivity index (χ2n) is 3.72. The third-order valence-electron chi connectivity index (χ3n) is 2.05. The van der Waals surface area contributed by atoms with Crippen molar-refractivity contribution in [2.75, 3.05) is 7.11 Å². The lowest BCUT2D eigenvalue weighted by atomic mass is 9.91. The van der Waals surface area contributed by atoms with E-state index < -0.39 is 33.1 Å². The maximum atomic E-state index is 12.0. The molecule has 1 atom stereocenters. The molecule has 0 amide bonds. The molecular weight excluding hydrogens is 265 g/mol. The van der Waals surface area contributed by atoms with Gasteiger partial charge in [0.25, 0.3) is 0 Å². The molecule has 0 saturated heterocycles. The number of rotatable bonds is 5.